The highest BCUT2D eigenvalue weighted by molar-refractivity contribution is 7.91. The van der Waals surface area contributed by atoms with Crippen LogP contribution in [0.1, 0.15) is 17.5 Å². The molecule has 1 aliphatic heterocycles. The third kappa shape index (κ3) is 6.95. The summed E-state index contributed by atoms with van der Waals surface area (Å²) >= 11 is 0. The highest BCUT2D eigenvalue weighted by Gasteiger charge is 2.28. The van der Waals surface area contributed by atoms with Gasteiger partial charge in [-0.3, -0.25) is 10.1 Å². The van der Waals surface area contributed by atoms with E-state index in [9.17, 15) is 18.5 Å². The first-order chi connectivity index (χ1) is 14.8. The fraction of sp³-hybridized carbons (Fsp3) is 0.381. The third-order valence-electron chi connectivity index (χ3n) is 5.01. The number of nitro groups is 1. The number of hydrogen-bond donors (Lipinski definition) is 2. The van der Waals surface area contributed by atoms with Crippen LogP contribution >= 0.6 is 0 Å². The van der Waals surface area contributed by atoms with Crippen LogP contribution in [0.4, 0.5) is 5.69 Å². The Morgan fingerprint density at radius 1 is 1.16 bits per heavy atom. The quantitative estimate of drug-likeness (QED) is 0.275. The van der Waals surface area contributed by atoms with Gasteiger partial charge in [0.25, 0.3) is 5.69 Å². The Morgan fingerprint density at radius 2 is 1.84 bits per heavy atom. The van der Waals surface area contributed by atoms with E-state index in [0.29, 0.717) is 25.5 Å². The minimum atomic E-state index is -3.01. The maximum Gasteiger partial charge on any atom is 0.269 e. The zero-order valence-electron chi connectivity index (χ0n) is 17.3. The number of guanidine groups is 1. The standard InChI is InChI=1S/C21H26N4O5S/c1-30-20-8-4-16(5-9-20)10-12-22-21(24-18-11-13-31(28,29)15-18)23-14-17-2-6-19(7-3-17)25(26)27/h2-9,18H,10-15H2,1H3,(H2,22,23,24). The van der Waals surface area contributed by atoms with E-state index in [0.717, 1.165) is 23.3 Å². The molecule has 1 heterocycles. The van der Waals surface area contributed by atoms with Crippen LogP contribution in [0, 0.1) is 10.1 Å². The van der Waals surface area contributed by atoms with Gasteiger partial charge in [-0.15, -0.1) is 0 Å². The Kier molecular flexibility index (Phi) is 7.45. The van der Waals surface area contributed by atoms with Gasteiger partial charge in [-0.1, -0.05) is 24.3 Å². The lowest BCUT2D eigenvalue weighted by Crippen LogP contribution is -2.44. The molecule has 31 heavy (non-hydrogen) atoms. The molecule has 0 radical (unpaired) electrons. The average molecular weight is 447 g/mol. The van der Waals surface area contributed by atoms with E-state index in [4.69, 9.17) is 4.74 Å². The molecular weight excluding hydrogens is 420 g/mol. The van der Waals surface area contributed by atoms with Crippen molar-refractivity contribution in [2.24, 2.45) is 4.99 Å². The first-order valence-electron chi connectivity index (χ1n) is 9.96. The summed E-state index contributed by atoms with van der Waals surface area (Å²) in [4.78, 5) is 14.9. The number of ether oxygens (including phenoxy) is 1. The Balaban J connectivity index is 1.63. The SMILES string of the molecule is COc1ccc(CCNC(=NCc2ccc([N+](=O)[O-])cc2)NC2CCS(=O)(=O)C2)cc1. The van der Waals surface area contributed by atoms with Gasteiger partial charge in [-0.2, -0.15) is 0 Å². The van der Waals surface area contributed by atoms with Crippen LogP contribution in [0.3, 0.4) is 0 Å². The molecule has 1 unspecified atom stereocenters. The molecule has 1 aliphatic rings. The average Bonchev–Trinajstić information content (AvgIpc) is 3.10. The van der Waals surface area contributed by atoms with Crippen LogP contribution in [-0.2, 0) is 22.8 Å². The number of nitrogens with zero attached hydrogens (tertiary/aromatic N) is 2. The van der Waals surface area contributed by atoms with E-state index >= 15 is 0 Å². The molecule has 0 saturated carbocycles. The van der Waals surface area contributed by atoms with Crippen LogP contribution < -0.4 is 15.4 Å². The van der Waals surface area contributed by atoms with Crippen LogP contribution in [0.2, 0.25) is 0 Å². The van der Waals surface area contributed by atoms with E-state index in [1.165, 1.54) is 12.1 Å². The lowest BCUT2D eigenvalue weighted by atomic mass is 10.1. The number of aliphatic imine (C=N–C) groups is 1. The Morgan fingerprint density at radius 3 is 2.42 bits per heavy atom. The van der Waals surface area contributed by atoms with Gasteiger partial charge in [0.05, 0.1) is 30.1 Å². The van der Waals surface area contributed by atoms with Gasteiger partial charge in [0, 0.05) is 24.7 Å². The van der Waals surface area contributed by atoms with Crippen LogP contribution in [0.15, 0.2) is 53.5 Å². The molecule has 2 aromatic carbocycles. The fourth-order valence-electron chi connectivity index (χ4n) is 3.27. The first-order valence-corrected chi connectivity index (χ1v) is 11.8. The third-order valence-corrected chi connectivity index (χ3v) is 6.77. The first kappa shape index (κ1) is 22.5. The van der Waals surface area contributed by atoms with Gasteiger partial charge >= 0.3 is 0 Å². The molecule has 1 saturated heterocycles. The lowest BCUT2D eigenvalue weighted by molar-refractivity contribution is -0.384. The fourth-order valence-corrected chi connectivity index (χ4v) is 4.94. The van der Waals surface area contributed by atoms with Crippen molar-refractivity contribution in [3.05, 3.63) is 69.8 Å². The maximum atomic E-state index is 11.8. The molecule has 2 N–H and O–H groups in total. The van der Waals surface area contributed by atoms with Crippen molar-refractivity contribution in [3.63, 3.8) is 0 Å². The summed E-state index contributed by atoms with van der Waals surface area (Å²) in [5, 5.41) is 17.3. The predicted octanol–water partition coefficient (Wildman–Crippen LogP) is 2.07. The molecule has 3 rings (SSSR count). The number of rotatable bonds is 8. The number of hydrogen-bond acceptors (Lipinski definition) is 6. The van der Waals surface area contributed by atoms with Crippen molar-refractivity contribution >= 4 is 21.5 Å². The molecule has 166 valence electrons. The lowest BCUT2D eigenvalue weighted by Gasteiger charge is -2.17. The number of sulfone groups is 1. The van der Waals surface area contributed by atoms with Crippen LogP contribution in [0.5, 0.6) is 5.75 Å². The van der Waals surface area contributed by atoms with Crippen LogP contribution in [-0.4, -0.2) is 50.5 Å². The molecule has 9 nitrogen and oxygen atoms in total. The van der Waals surface area contributed by atoms with E-state index < -0.39 is 14.8 Å². The number of methoxy groups -OCH3 is 1. The van der Waals surface area contributed by atoms with Gasteiger partial charge < -0.3 is 15.4 Å². The van der Waals surface area contributed by atoms with Crippen LogP contribution in [0.25, 0.3) is 0 Å². The highest BCUT2D eigenvalue weighted by atomic mass is 32.2. The van der Waals surface area contributed by atoms with Gasteiger partial charge in [-0.05, 0) is 36.1 Å². The Bertz CT molecular complexity index is 1020. The molecule has 0 amide bonds. The molecular formula is C21H26N4O5S. The summed E-state index contributed by atoms with van der Waals surface area (Å²) in [7, 11) is -1.39. The number of non-ortho nitro benzene ring substituents is 1. The summed E-state index contributed by atoms with van der Waals surface area (Å²) in [5.74, 6) is 1.58. The highest BCUT2D eigenvalue weighted by Crippen LogP contribution is 2.14. The minimum Gasteiger partial charge on any atom is -0.497 e. The van der Waals surface area contributed by atoms with Crippen molar-refractivity contribution < 1.29 is 18.1 Å². The largest absolute Gasteiger partial charge is 0.497 e. The predicted molar refractivity (Wildman–Crippen MR) is 119 cm³/mol. The Hall–Kier alpha value is -3.14. The normalized spacial score (nSPS) is 17.8. The van der Waals surface area contributed by atoms with E-state index in [-0.39, 0.29) is 23.2 Å². The number of nitrogens with one attached hydrogen (secondary N) is 2. The van der Waals surface area contributed by atoms with E-state index in [1.54, 1.807) is 19.2 Å². The van der Waals surface area contributed by atoms with Crippen molar-refractivity contribution in [1.82, 2.24) is 10.6 Å². The summed E-state index contributed by atoms with van der Waals surface area (Å²) in [6.07, 6.45) is 1.30. The molecule has 0 aliphatic carbocycles. The summed E-state index contributed by atoms with van der Waals surface area (Å²) in [6.45, 7) is 0.924. The topological polar surface area (TPSA) is 123 Å². The minimum absolute atomic E-state index is 0.0276. The molecule has 1 atom stereocenters. The smallest absolute Gasteiger partial charge is 0.269 e. The zero-order chi connectivity index (χ0) is 22.3. The molecule has 1 fully saturated rings. The summed E-state index contributed by atoms with van der Waals surface area (Å²) in [6, 6.07) is 13.8. The van der Waals surface area contributed by atoms with Crippen molar-refractivity contribution in [2.75, 3.05) is 25.2 Å². The molecule has 0 aromatic heterocycles. The number of nitro benzene ring substituents is 1. The second-order valence-electron chi connectivity index (χ2n) is 7.36. The van der Waals surface area contributed by atoms with Crippen molar-refractivity contribution in [2.45, 2.75) is 25.4 Å². The maximum absolute atomic E-state index is 11.8. The van der Waals surface area contributed by atoms with Crippen molar-refractivity contribution in [3.8, 4) is 5.75 Å². The van der Waals surface area contributed by atoms with E-state index in [2.05, 4.69) is 15.6 Å². The molecule has 0 bridgehead atoms. The molecule has 2 aromatic rings. The van der Waals surface area contributed by atoms with Gasteiger partial charge in [0.1, 0.15) is 5.75 Å². The van der Waals surface area contributed by atoms with Gasteiger partial charge in [0.15, 0.2) is 15.8 Å². The second kappa shape index (κ2) is 10.3. The Labute approximate surface area is 181 Å². The van der Waals surface area contributed by atoms with Crippen molar-refractivity contribution in [1.29, 1.82) is 0 Å². The van der Waals surface area contributed by atoms with E-state index in [1.807, 2.05) is 24.3 Å². The number of benzene rings is 2. The van der Waals surface area contributed by atoms with Gasteiger partial charge in [-0.25, -0.2) is 13.4 Å². The molecule has 0 spiro atoms. The zero-order valence-corrected chi connectivity index (χ0v) is 18.1. The van der Waals surface area contributed by atoms with Gasteiger partial charge in [0.2, 0.25) is 0 Å². The monoisotopic (exact) mass is 446 g/mol. The molecule has 10 heteroatoms. The second-order valence-corrected chi connectivity index (χ2v) is 9.59. The summed E-state index contributed by atoms with van der Waals surface area (Å²) in [5.41, 5.74) is 1.98. The summed E-state index contributed by atoms with van der Waals surface area (Å²) < 4.78 is 28.7.